The summed E-state index contributed by atoms with van der Waals surface area (Å²) >= 11 is 0. The summed E-state index contributed by atoms with van der Waals surface area (Å²) in [4.78, 5) is 9.23. The zero-order chi connectivity index (χ0) is 39.4. The van der Waals surface area contributed by atoms with Crippen LogP contribution in [-0.4, -0.2) is 9.55 Å². The Balaban J connectivity index is 0.00000449. The first-order chi connectivity index (χ1) is 28.3. The Morgan fingerprint density at radius 3 is 1.97 bits per heavy atom. The molecular formula is C52H39N4OPt-3. The summed E-state index contributed by atoms with van der Waals surface area (Å²) in [7, 11) is 0. The molecule has 0 radical (unpaired) electrons. The molecule has 0 fully saturated rings. The van der Waals surface area contributed by atoms with Gasteiger partial charge < -0.3 is 19.1 Å². The average molecular weight is 932 g/mol. The van der Waals surface area contributed by atoms with E-state index in [0.29, 0.717) is 17.5 Å². The van der Waals surface area contributed by atoms with E-state index < -0.39 is 0 Å². The van der Waals surface area contributed by atoms with Gasteiger partial charge in [-0.05, 0) is 57.8 Å². The fraction of sp³-hybridized carbons (Fsp3) is 0.0769. The fourth-order valence-corrected chi connectivity index (χ4v) is 7.84. The summed E-state index contributed by atoms with van der Waals surface area (Å²) < 4.78 is 17.6. The van der Waals surface area contributed by atoms with Gasteiger partial charge in [0.05, 0.1) is 1.37 Å². The smallest absolute Gasteiger partial charge is 0.135 e. The molecule has 0 N–H and O–H groups in total. The van der Waals surface area contributed by atoms with Gasteiger partial charge in [-0.15, -0.1) is 48.1 Å². The van der Waals surface area contributed by atoms with E-state index >= 15 is 0 Å². The SMILES string of the molecule is [2H]c1cc(-c2ccccc2)c(N2[CH-]N(c3[c-]c(Oc4[c-]c5c(cc4)c4ccccc4n5-c4cc(C(C)(C)C)ccn4)ccc3)c3ccccc32)c(-c2ccccc2)c1.[Pt]. The van der Waals surface area contributed by atoms with Crippen LogP contribution in [0.15, 0.2) is 176 Å². The molecule has 0 saturated carbocycles. The Morgan fingerprint density at radius 2 is 1.26 bits per heavy atom. The van der Waals surface area contributed by atoms with Crippen LogP contribution in [0.2, 0.25) is 0 Å². The monoisotopic (exact) mass is 931 g/mol. The topological polar surface area (TPSA) is 33.5 Å². The minimum absolute atomic E-state index is 0. The second-order valence-electron chi connectivity index (χ2n) is 15.3. The maximum atomic E-state index is 8.87. The standard InChI is InChI=1S/C52H39N4O.Pt/c1-52(2,3)38-30-31-53-50(32-38)56-46-25-11-10-22-44(46)45-29-28-41(34-49(45)56)57-40-21-14-20-39(33-40)54-35-55(48-27-13-12-26-47(48)54)51-42(36-16-6-4-7-17-36)23-15-24-43(51)37-18-8-5-9-19-37;/h4-32,35H,1-3H3;/q-3;/i15D;. The van der Waals surface area contributed by atoms with E-state index in [4.69, 9.17) is 11.1 Å². The van der Waals surface area contributed by atoms with Crippen molar-refractivity contribution in [1.29, 1.82) is 0 Å². The third kappa shape index (κ3) is 6.66. The minimum atomic E-state index is -0.0272. The van der Waals surface area contributed by atoms with E-state index in [1.54, 1.807) is 0 Å². The molecule has 5 nitrogen and oxygen atoms in total. The van der Waals surface area contributed by atoms with Gasteiger partial charge in [0.25, 0.3) is 0 Å². The Labute approximate surface area is 355 Å². The third-order valence-corrected chi connectivity index (χ3v) is 10.6. The Hall–Kier alpha value is -6.42. The normalized spacial score (nSPS) is 12.7. The third-order valence-electron chi connectivity index (χ3n) is 10.6. The van der Waals surface area contributed by atoms with E-state index in [2.05, 4.69) is 145 Å². The van der Waals surface area contributed by atoms with Crippen molar-refractivity contribution in [3.63, 3.8) is 0 Å². The van der Waals surface area contributed by atoms with Crippen LogP contribution in [0, 0.1) is 18.8 Å². The van der Waals surface area contributed by atoms with Crippen molar-refractivity contribution < 1.29 is 27.2 Å². The molecule has 7 aromatic carbocycles. The molecule has 9 aromatic rings. The summed E-state index contributed by atoms with van der Waals surface area (Å²) in [6.45, 7) is 8.77. The van der Waals surface area contributed by atoms with Crippen LogP contribution in [0.1, 0.15) is 27.7 Å². The van der Waals surface area contributed by atoms with Gasteiger partial charge >= 0.3 is 0 Å². The second kappa shape index (κ2) is 15.2. The molecule has 0 spiro atoms. The summed E-state index contributed by atoms with van der Waals surface area (Å²) in [6.07, 6.45) is 1.89. The maximum absolute atomic E-state index is 8.87. The second-order valence-corrected chi connectivity index (χ2v) is 15.3. The average Bonchev–Trinajstić information content (AvgIpc) is 3.80. The molecule has 2 aromatic heterocycles. The Kier molecular flexibility index (Phi) is 9.39. The van der Waals surface area contributed by atoms with Crippen molar-refractivity contribution >= 4 is 44.6 Å². The van der Waals surface area contributed by atoms with Crippen molar-refractivity contribution in [3.8, 4) is 39.6 Å². The van der Waals surface area contributed by atoms with Gasteiger partial charge in [0.2, 0.25) is 0 Å². The number of hydrogen-bond acceptors (Lipinski definition) is 4. The number of hydrogen-bond donors (Lipinski definition) is 0. The van der Waals surface area contributed by atoms with Crippen molar-refractivity contribution in [2.45, 2.75) is 26.2 Å². The van der Waals surface area contributed by atoms with Gasteiger partial charge in [-0.3, -0.25) is 0 Å². The van der Waals surface area contributed by atoms with Crippen LogP contribution in [0.4, 0.5) is 22.7 Å². The summed E-state index contributed by atoms with van der Waals surface area (Å²) in [5, 5.41) is 2.21. The van der Waals surface area contributed by atoms with Crippen LogP contribution in [0.3, 0.4) is 0 Å². The van der Waals surface area contributed by atoms with Crippen LogP contribution in [-0.2, 0) is 26.5 Å². The summed E-state index contributed by atoms with van der Waals surface area (Å²) in [5.41, 5.74) is 11.0. The van der Waals surface area contributed by atoms with Crippen LogP contribution in [0.5, 0.6) is 11.5 Å². The molecule has 286 valence electrons. The van der Waals surface area contributed by atoms with Gasteiger partial charge in [0.1, 0.15) is 5.82 Å². The van der Waals surface area contributed by atoms with Gasteiger partial charge in [0, 0.05) is 72.5 Å². The first-order valence-electron chi connectivity index (χ1n) is 19.7. The van der Waals surface area contributed by atoms with E-state index in [0.717, 1.165) is 72.6 Å². The maximum Gasteiger partial charge on any atom is 0.135 e. The summed E-state index contributed by atoms with van der Waals surface area (Å²) in [5.74, 6) is 2.00. The van der Waals surface area contributed by atoms with Crippen molar-refractivity contribution in [2.75, 3.05) is 9.80 Å². The summed E-state index contributed by atoms with van der Waals surface area (Å²) in [6, 6.07) is 63.3. The van der Waals surface area contributed by atoms with Crippen molar-refractivity contribution in [3.05, 3.63) is 200 Å². The quantitative estimate of drug-likeness (QED) is 0.149. The Bertz CT molecular complexity index is 2920. The number of rotatable bonds is 7. The number of pyridine rings is 1. The number of para-hydroxylation sites is 4. The fourth-order valence-electron chi connectivity index (χ4n) is 7.84. The van der Waals surface area contributed by atoms with E-state index in [9.17, 15) is 0 Å². The van der Waals surface area contributed by atoms with Crippen LogP contribution >= 0.6 is 0 Å². The van der Waals surface area contributed by atoms with Crippen molar-refractivity contribution in [2.24, 2.45) is 0 Å². The van der Waals surface area contributed by atoms with Gasteiger partial charge in [0.15, 0.2) is 0 Å². The number of anilines is 4. The van der Waals surface area contributed by atoms with E-state index in [-0.39, 0.29) is 26.5 Å². The first-order valence-corrected chi connectivity index (χ1v) is 19.2. The number of fused-ring (bicyclic) bond motifs is 4. The molecule has 0 saturated heterocycles. The molecule has 10 rings (SSSR count). The molecule has 3 heterocycles. The zero-order valence-electron chi connectivity index (χ0n) is 33.3. The van der Waals surface area contributed by atoms with Crippen LogP contribution in [0.25, 0.3) is 49.9 Å². The predicted octanol–water partition coefficient (Wildman–Crippen LogP) is 13.6. The molecule has 0 aliphatic carbocycles. The largest absolute Gasteiger partial charge is 0.509 e. The molecule has 1 aliphatic rings. The zero-order valence-corrected chi connectivity index (χ0v) is 34.5. The van der Waals surface area contributed by atoms with Gasteiger partial charge in [-0.1, -0.05) is 135 Å². The van der Waals surface area contributed by atoms with Gasteiger partial charge in [-0.25, -0.2) is 4.98 Å². The molecular weight excluding hydrogens is 892 g/mol. The predicted molar refractivity (Wildman–Crippen MR) is 234 cm³/mol. The molecule has 0 bridgehead atoms. The van der Waals surface area contributed by atoms with E-state index in [1.807, 2.05) is 79.0 Å². The minimum Gasteiger partial charge on any atom is -0.509 e. The first kappa shape index (κ1) is 36.0. The number of nitrogens with zero attached hydrogens (tertiary/aromatic N) is 4. The molecule has 0 amide bonds. The number of aromatic nitrogens is 2. The molecule has 0 unspecified atom stereocenters. The number of benzene rings is 7. The Morgan fingerprint density at radius 1 is 0.621 bits per heavy atom. The molecule has 58 heavy (non-hydrogen) atoms. The van der Waals surface area contributed by atoms with Crippen molar-refractivity contribution in [1.82, 2.24) is 9.55 Å². The number of ether oxygens (including phenoxy) is 1. The van der Waals surface area contributed by atoms with Gasteiger partial charge in [-0.2, -0.15) is 12.1 Å². The molecule has 6 heteroatoms. The molecule has 0 atom stereocenters. The molecule has 1 aliphatic heterocycles. The van der Waals surface area contributed by atoms with Crippen LogP contribution < -0.4 is 14.5 Å². The van der Waals surface area contributed by atoms with E-state index in [1.165, 1.54) is 5.56 Å².